The van der Waals surface area contributed by atoms with Crippen molar-refractivity contribution in [2.75, 3.05) is 43.0 Å². The molecule has 1 amide bonds. The van der Waals surface area contributed by atoms with E-state index in [2.05, 4.69) is 33.9 Å². The zero-order valence-corrected chi connectivity index (χ0v) is 20.2. The van der Waals surface area contributed by atoms with Crippen LogP contribution in [-0.4, -0.2) is 54.6 Å². The maximum Gasteiger partial charge on any atom is 0.252 e. The Kier molecular flexibility index (Phi) is 6.88. The van der Waals surface area contributed by atoms with E-state index < -0.39 is 11.7 Å². The molecule has 8 heteroatoms. The molecule has 3 N–H and O–H groups in total. The number of pyridine rings is 1. The van der Waals surface area contributed by atoms with Crippen LogP contribution >= 0.6 is 0 Å². The van der Waals surface area contributed by atoms with Gasteiger partial charge in [-0.05, 0) is 51.5 Å². The third-order valence-electron chi connectivity index (χ3n) is 6.28. The number of anilines is 3. The average Bonchev–Trinajstić information content (AvgIpc) is 2.81. The Labute approximate surface area is 199 Å². The number of amides is 1. The Bertz CT molecular complexity index is 1210. The number of primary amides is 1. The lowest BCUT2D eigenvalue weighted by atomic mass is 10.1. The number of nitrogens with zero attached hydrogens (tertiary/aromatic N) is 3. The molecule has 0 aliphatic carbocycles. The highest BCUT2D eigenvalue weighted by atomic mass is 19.1. The summed E-state index contributed by atoms with van der Waals surface area (Å²) in [6, 6.07) is 9.15. The van der Waals surface area contributed by atoms with Crippen LogP contribution < -0.4 is 20.7 Å². The standard InChI is InChI=1S/C26H32FN5O2/c1-5-34-24-14-21-18(13-23(24)32-10-8-31(9-11-32)16(2)3)25(19(15-29-21)26(28)33)30-22-12-17(4)6-7-20(22)27/h6-7,12-16H,5,8-11H2,1-4H3,(H2,28,33)(H,29,30). The van der Waals surface area contributed by atoms with Crippen molar-refractivity contribution in [2.45, 2.75) is 33.7 Å². The fraction of sp³-hybridized carbons (Fsp3) is 0.385. The Hall–Kier alpha value is -3.39. The van der Waals surface area contributed by atoms with Gasteiger partial charge in [0.1, 0.15) is 11.6 Å². The van der Waals surface area contributed by atoms with Gasteiger partial charge in [-0.2, -0.15) is 0 Å². The number of aromatic nitrogens is 1. The predicted octanol–water partition coefficient (Wildman–Crippen LogP) is 4.45. The quantitative estimate of drug-likeness (QED) is 0.536. The summed E-state index contributed by atoms with van der Waals surface area (Å²) in [6.07, 6.45) is 1.43. The molecular formula is C26H32FN5O2. The lowest BCUT2D eigenvalue weighted by molar-refractivity contribution is 0.100. The van der Waals surface area contributed by atoms with Crippen LogP contribution in [0.5, 0.6) is 5.75 Å². The molecule has 3 aromatic rings. The molecule has 0 unspecified atom stereocenters. The molecule has 2 heterocycles. The number of carbonyl (C=O) groups excluding carboxylic acids is 1. The summed E-state index contributed by atoms with van der Waals surface area (Å²) >= 11 is 0. The van der Waals surface area contributed by atoms with Crippen molar-refractivity contribution in [2.24, 2.45) is 5.73 Å². The molecule has 4 rings (SSSR count). The minimum atomic E-state index is -0.633. The van der Waals surface area contributed by atoms with Gasteiger partial charge in [0.15, 0.2) is 0 Å². The highest BCUT2D eigenvalue weighted by molar-refractivity contribution is 6.08. The van der Waals surface area contributed by atoms with Gasteiger partial charge >= 0.3 is 0 Å². The molecule has 0 atom stereocenters. The Morgan fingerprint density at radius 2 is 1.94 bits per heavy atom. The summed E-state index contributed by atoms with van der Waals surface area (Å²) in [4.78, 5) is 21.5. The highest BCUT2D eigenvalue weighted by Crippen LogP contribution is 2.38. The van der Waals surface area contributed by atoms with E-state index in [-0.39, 0.29) is 11.3 Å². The van der Waals surface area contributed by atoms with E-state index in [9.17, 15) is 9.18 Å². The smallest absolute Gasteiger partial charge is 0.252 e. The van der Waals surface area contributed by atoms with Crippen molar-refractivity contribution in [3.8, 4) is 5.75 Å². The van der Waals surface area contributed by atoms with E-state index in [1.807, 2.05) is 26.0 Å². The normalized spacial score (nSPS) is 14.6. The van der Waals surface area contributed by atoms with Crippen LogP contribution in [0.4, 0.5) is 21.5 Å². The van der Waals surface area contributed by atoms with E-state index in [1.165, 1.54) is 12.3 Å². The number of piperazine rings is 1. The van der Waals surface area contributed by atoms with Gasteiger partial charge in [-0.3, -0.25) is 14.7 Å². The van der Waals surface area contributed by atoms with Crippen LogP contribution in [-0.2, 0) is 0 Å². The molecule has 2 aromatic carbocycles. The topological polar surface area (TPSA) is 83.7 Å². The lowest BCUT2D eigenvalue weighted by Gasteiger charge is -2.38. The van der Waals surface area contributed by atoms with Crippen LogP contribution in [0.1, 0.15) is 36.7 Å². The van der Waals surface area contributed by atoms with Crippen LogP contribution in [0.2, 0.25) is 0 Å². The first-order chi connectivity index (χ1) is 16.3. The van der Waals surface area contributed by atoms with Gasteiger partial charge in [-0.25, -0.2) is 4.39 Å². The molecule has 7 nitrogen and oxygen atoms in total. The third kappa shape index (κ3) is 4.77. The zero-order valence-electron chi connectivity index (χ0n) is 20.2. The molecule has 34 heavy (non-hydrogen) atoms. The Morgan fingerprint density at radius 3 is 2.59 bits per heavy atom. The van der Waals surface area contributed by atoms with Gasteiger partial charge in [0.2, 0.25) is 0 Å². The summed E-state index contributed by atoms with van der Waals surface area (Å²) in [5.41, 5.74) is 9.04. The molecule has 1 fully saturated rings. The van der Waals surface area contributed by atoms with Crippen molar-refractivity contribution < 1.29 is 13.9 Å². The maximum atomic E-state index is 14.6. The predicted molar refractivity (Wildman–Crippen MR) is 135 cm³/mol. The average molecular weight is 466 g/mol. The number of aryl methyl sites for hydroxylation is 1. The second-order valence-electron chi connectivity index (χ2n) is 8.91. The second-order valence-corrected chi connectivity index (χ2v) is 8.91. The molecule has 1 aromatic heterocycles. The number of ether oxygens (including phenoxy) is 1. The first kappa shape index (κ1) is 23.8. The van der Waals surface area contributed by atoms with Gasteiger partial charge in [0, 0.05) is 49.9 Å². The van der Waals surface area contributed by atoms with Gasteiger partial charge in [-0.15, -0.1) is 0 Å². The van der Waals surface area contributed by atoms with Crippen molar-refractivity contribution in [1.82, 2.24) is 9.88 Å². The molecule has 0 bridgehead atoms. The summed E-state index contributed by atoms with van der Waals surface area (Å²) in [5, 5.41) is 3.81. The molecule has 180 valence electrons. The molecule has 1 aliphatic rings. The first-order valence-electron chi connectivity index (χ1n) is 11.7. The molecule has 0 spiro atoms. The summed E-state index contributed by atoms with van der Waals surface area (Å²) < 4.78 is 20.6. The van der Waals surface area contributed by atoms with E-state index in [4.69, 9.17) is 10.5 Å². The van der Waals surface area contributed by atoms with Gasteiger partial charge < -0.3 is 20.7 Å². The molecule has 0 saturated carbocycles. The van der Waals surface area contributed by atoms with Crippen LogP contribution in [0.25, 0.3) is 10.9 Å². The summed E-state index contributed by atoms with van der Waals surface area (Å²) in [5.74, 6) is -0.312. The minimum Gasteiger partial charge on any atom is -0.492 e. The fourth-order valence-electron chi connectivity index (χ4n) is 4.40. The van der Waals surface area contributed by atoms with Gasteiger partial charge in [0.25, 0.3) is 5.91 Å². The Morgan fingerprint density at radius 1 is 1.21 bits per heavy atom. The summed E-state index contributed by atoms with van der Waals surface area (Å²) in [7, 11) is 0. The zero-order chi connectivity index (χ0) is 24.4. The van der Waals surface area contributed by atoms with E-state index >= 15 is 0 Å². The maximum absolute atomic E-state index is 14.6. The molecule has 0 radical (unpaired) electrons. The molecular weight excluding hydrogens is 433 g/mol. The van der Waals surface area contributed by atoms with Crippen molar-refractivity contribution >= 4 is 33.9 Å². The third-order valence-corrected chi connectivity index (χ3v) is 6.28. The number of hydrogen-bond acceptors (Lipinski definition) is 6. The first-order valence-corrected chi connectivity index (χ1v) is 11.7. The van der Waals surface area contributed by atoms with Crippen LogP contribution in [0.15, 0.2) is 36.5 Å². The van der Waals surface area contributed by atoms with Gasteiger partial charge in [0.05, 0.1) is 34.7 Å². The second kappa shape index (κ2) is 9.85. The summed E-state index contributed by atoms with van der Waals surface area (Å²) in [6.45, 7) is 12.3. The number of nitrogens with one attached hydrogen (secondary N) is 1. The number of rotatable bonds is 7. The van der Waals surface area contributed by atoms with Crippen molar-refractivity contribution in [3.63, 3.8) is 0 Å². The fourth-order valence-corrected chi connectivity index (χ4v) is 4.40. The van der Waals surface area contributed by atoms with Crippen molar-refractivity contribution in [1.29, 1.82) is 0 Å². The van der Waals surface area contributed by atoms with E-state index in [1.54, 1.807) is 12.1 Å². The number of hydrogen-bond donors (Lipinski definition) is 2. The number of halogens is 1. The number of nitrogens with two attached hydrogens (primary N) is 1. The number of benzene rings is 2. The molecule has 1 aliphatic heterocycles. The SMILES string of the molecule is CCOc1cc2ncc(C(N)=O)c(Nc3cc(C)ccc3F)c2cc1N1CCN(C(C)C)CC1. The Balaban J connectivity index is 1.84. The largest absolute Gasteiger partial charge is 0.492 e. The molecule has 1 saturated heterocycles. The van der Waals surface area contributed by atoms with Crippen LogP contribution in [0.3, 0.4) is 0 Å². The van der Waals surface area contributed by atoms with E-state index in [0.29, 0.717) is 29.2 Å². The van der Waals surface area contributed by atoms with Gasteiger partial charge in [-0.1, -0.05) is 6.07 Å². The highest BCUT2D eigenvalue weighted by Gasteiger charge is 2.24. The van der Waals surface area contributed by atoms with Crippen LogP contribution in [0, 0.1) is 12.7 Å². The van der Waals surface area contributed by atoms with E-state index in [0.717, 1.165) is 43.2 Å². The number of carbonyl (C=O) groups is 1. The lowest BCUT2D eigenvalue weighted by Crippen LogP contribution is -2.49. The monoisotopic (exact) mass is 465 g/mol. The number of fused-ring (bicyclic) bond motifs is 1. The van der Waals surface area contributed by atoms with Crippen molar-refractivity contribution in [3.05, 3.63) is 53.5 Å². The minimum absolute atomic E-state index is 0.202.